The molecule has 1 amide bonds. The second kappa shape index (κ2) is 7.40. The van der Waals surface area contributed by atoms with Crippen LogP contribution < -0.4 is 10.6 Å². The van der Waals surface area contributed by atoms with Crippen LogP contribution >= 0.6 is 0 Å². The molecular formula is C19H12F2N4O. The van der Waals surface area contributed by atoms with Crippen molar-refractivity contribution in [3.63, 3.8) is 0 Å². The Hall–Kier alpha value is -3.79. The van der Waals surface area contributed by atoms with E-state index in [1.54, 1.807) is 36.4 Å². The van der Waals surface area contributed by atoms with Crippen molar-refractivity contribution in [3.05, 3.63) is 83.6 Å². The summed E-state index contributed by atoms with van der Waals surface area (Å²) in [4.78, 5) is 16.3. The number of rotatable bonds is 4. The minimum atomic E-state index is -1.04. The molecule has 0 saturated heterocycles. The highest BCUT2D eigenvalue weighted by atomic mass is 19.2. The quantitative estimate of drug-likeness (QED) is 0.738. The van der Waals surface area contributed by atoms with E-state index in [1.807, 2.05) is 6.07 Å². The summed E-state index contributed by atoms with van der Waals surface area (Å²) >= 11 is 0. The van der Waals surface area contributed by atoms with Gasteiger partial charge in [0.1, 0.15) is 5.82 Å². The number of amides is 1. The highest BCUT2D eigenvalue weighted by molar-refractivity contribution is 6.04. The third-order valence-electron chi connectivity index (χ3n) is 3.49. The van der Waals surface area contributed by atoms with Crippen LogP contribution in [0, 0.1) is 23.0 Å². The maximum absolute atomic E-state index is 13.2. The number of carbonyl (C=O) groups is 1. The maximum atomic E-state index is 13.2. The lowest BCUT2D eigenvalue weighted by Gasteiger charge is -2.08. The maximum Gasteiger partial charge on any atom is 0.257 e. The first kappa shape index (κ1) is 17.0. The van der Waals surface area contributed by atoms with Crippen molar-refractivity contribution in [2.24, 2.45) is 0 Å². The van der Waals surface area contributed by atoms with Crippen LogP contribution in [0.15, 0.2) is 60.8 Å². The number of hydrogen-bond acceptors (Lipinski definition) is 4. The second-order valence-electron chi connectivity index (χ2n) is 5.33. The molecule has 26 heavy (non-hydrogen) atoms. The van der Waals surface area contributed by atoms with Gasteiger partial charge in [-0.05, 0) is 48.5 Å². The van der Waals surface area contributed by atoms with Crippen LogP contribution in [0.5, 0.6) is 0 Å². The van der Waals surface area contributed by atoms with Gasteiger partial charge in [0.25, 0.3) is 5.91 Å². The Morgan fingerprint density at radius 2 is 1.69 bits per heavy atom. The van der Waals surface area contributed by atoms with Crippen LogP contribution in [0.2, 0.25) is 0 Å². The van der Waals surface area contributed by atoms with Crippen LogP contribution in [0.4, 0.5) is 26.0 Å². The van der Waals surface area contributed by atoms with Crippen LogP contribution in [0.3, 0.4) is 0 Å². The molecule has 3 aromatic rings. The number of hydrogen-bond donors (Lipinski definition) is 2. The molecule has 1 aromatic heterocycles. The minimum Gasteiger partial charge on any atom is -0.340 e. The first-order valence-electron chi connectivity index (χ1n) is 7.55. The highest BCUT2D eigenvalue weighted by Gasteiger charge is 2.09. The van der Waals surface area contributed by atoms with E-state index in [0.29, 0.717) is 11.4 Å². The second-order valence-corrected chi connectivity index (χ2v) is 5.33. The Bertz CT molecular complexity index is 980. The van der Waals surface area contributed by atoms with E-state index >= 15 is 0 Å². The number of carbonyl (C=O) groups excluding carboxylic acids is 1. The molecule has 0 unspecified atom stereocenters. The SMILES string of the molecule is N#Cc1ccc(Nc2ccc(C(=O)Nc3ccc(F)c(F)c3)cn2)cc1. The van der Waals surface area contributed by atoms with Gasteiger partial charge in [-0.3, -0.25) is 4.79 Å². The summed E-state index contributed by atoms with van der Waals surface area (Å²) in [5.74, 6) is -2.00. The summed E-state index contributed by atoms with van der Waals surface area (Å²) < 4.78 is 26.1. The van der Waals surface area contributed by atoms with Crippen LogP contribution in [-0.2, 0) is 0 Å². The molecule has 3 rings (SSSR count). The number of anilines is 3. The molecular weight excluding hydrogens is 338 g/mol. The molecule has 0 radical (unpaired) electrons. The van der Waals surface area contributed by atoms with Gasteiger partial charge in [0.05, 0.1) is 17.2 Å². The van der Waals surface area contributed by atoms with Crippen molar-refractivity contribution in [3.8, 4) is 6.07 Å². The van der Waals surface area contributed by atoms with Gasteiger partial charge in [-0.25, -0.2) is 13.8 Å². The van der Waals surface area contributed by atoms with Crippen molar-refractivity contribution in [2.75, 3.05) is 10.6 Å². The monoisotopic (exact) mass is 350 g/mol. The standard InChI is InChI=1S/C19H12F2N4O/c20-16-7-6-15(9-17(16)21)25-19(26)13-3-8-18(23-11-13)24-14-4-1-12(10-22)2-5-14/h1-9,11H,(H,23,24)(H,25,26). The molecule has 0 atom stereocenters. The van der Waals surface area contributed by atoms with Crippen molar-refractivity contribution < 1.29 is 13.6 Å². The van der Waals surface area contributed by atoms with Crippen molar-refractivity contribution >= 4 is 23.1 Å². The molecule has 0 aliphatic carbocycles. The fourth-order valence-corrected chi connectivity index (χ4v) is 2.16. The summed E-state index contributed by atoms with van der Waals surface area (Å²) in [7, 11) is 0. The van der Waals surface area contributed by atoms with Gasteiger partial charge in [-0.1, -0.05) is 0 Å². The number of nitriles is 1. The van der Waals surface area contributed by atoms with Crippen molar-refractivity contribution in [1.29, 1.82) is 5.26 Å². The Morgan fingerprint density at radius 3 is 2.31 bits per heavy atom. The van der Waals surface area contributed by atoms with Gasteiger partial charge in [-0.2, -0.15) is 5.26 Å². The van der Waals surface area contributed by atoms with Gasteiger partial charge in [-0.15, -0.1) is 0 Å². The Morgan fingerprint density at radius 1 is 0.962 bits per heavy atom. The zero-order valence-electron chi connectivity index (χ0n) is 13.3. The summed E-state index contributed by atoms with van der Waals surface area (Å²) in [5.41, 5.74) is 1.71. The minimum absolute atomic E-state index is 0.147. The Labute approximate surface area is 147 Å². The third kappa shape index (κ3) is 3.99. The molecule has 2 N–H and O–H groups in total. The number of pyridine rings is 1. The van der Waals surface area contributed by atoms with E-state index in [-0.39, 0.29) is 11.3 Å². The van der Waals surface area contributed by atoms with Crippen LogP contribution in [0.25, 0.3) is 0 Å². The zero-order chi connectivity index (χ0) is 18.5. The van der Waals surface area contributed by atoms with E-state index < -0.39 is 17.5 Å². The summed E-state index contributed by atoms with van der Waals surface area (Å²) in [5, 5.41) is 14.3. The third-order valence-corrected chi connectivity index (χ3v) is 3.49. The summed E-state index contributed by atoms with van der Waals surface area (Å²) in [6.07, 6.45) is 1.36. The van der Waals surface area contributed by atoms with E-state index in [9.17, 15) is 13.6 Å². The van der Waals surface area contributed by atoms with Crippen LogP contribution in [-0.4, -0.2) is 10.9 Å². The number of benzene rings is 2. The molecule has 2 aromatic carbocycles. The molecule has 0 fully saturated rings. The van der Waals surface area contributed by atoms with Gasteiger partial charge >= 0.3 is 0 Å². The molecule has 7 heteroatoms. The Kier molecular flexibility index (Phi) is 4.85. The molecule has 0 aliphatic heterocycles. The van der Waals surface area contributed by atoms with Gasteiger partial charge < -0.3 is 10.6 Å². The van der Waals surface area contributed by atoms with E-state index in [0.717, 1.165) is 17.8 Å². The van der Waals surface area contributed by atoms with Crippen LogP contribution in [0.1, 0.15) is 15.9 Å². The molecule has 5 nitrogen and oxygen atoms in total. The van der Waals surface area contributed by atoms with Gasteiger partial charge in [0, 0.05) is 23.6 Å². The van der Waals surface area contributed by atoms with Gasteiger partial charge in [0.15, 0.2) is 11.6 Å². The largest absolute Gasteiger partial charge is 0.340 e. The number of nitrogens with one attached hydrogen (secondary N) is 2. The topological polar surface area (TPSA) is 77.8 Å². The lowest BCUT2D eigenvalue weighted by atomic mass is 10.2. The Balaban J connectivity index is 1.67. The normalized spacial score (nSPS) is 10.0. The fraction of sp³-hybridized carbons (Fsp3) is 0. The average Bonchev–Trinajstić information content (AvgIpc) is 2.66. The smallest absolute Gasteiger partial charge is 0.257 e. The van der Waals surface area contributed by atoms with Crippen molar-refractivity contribution in [1.82, 2.24) is 4.98 Å². The van der Waals surface area contributed by atoms with Gasteiger partial charge in [0.2, 0.25) is 0 Å². The lowest BCUT2D eigenvalue weighted by Crippen LogP contribution is -2.12. The number of aromatic nitrogens is 1. The highest BCUT2D eigenvalue weighted by Crippen LogP contribution is 2.17. The molecule has 1 heterocycles. The lowest BCUT2D eigenvalue weighted by molar-refractivity contribution is 0.102. The first-order valence-corrected chi connectivity index (χ1v) is 7.55. The summed E-state index contributed by atoms with van der Waals surface area (Å²) in [6, 6.07) is 15.1. The fourth-order valence-electron chi connectivity index (χ4n) is 2.16. The average molecular weight is 350 g/mol. The van der Waals surface area contributed by atoms with E-state index in [1.165, 1.54) is 12.3 Å². The first-order chi connectivity index (χ1) is 12.5. The molecule has 128 valence electrons. The molecule has 0 bridgehead atoms. The molecule has 0 saturated carbocycles. The van der Waals surface area contributed by atoms with Crippen molar-refractivity contribution in [2.45, 2.75) is 0 Å². The number of nitrogens with zero attached hydrogens (tertiary/aromatic N) is 2. The van der Waals surface area contributed by atoms with E-state index in [4.69, 9.17) is 5.26 Å². The zero-order valence-corrected chi connectivity index (χ0v) is 13.3. The molecule has 0 spiro atoms. The summed E-state index contributed by atoms with van der Waals surface area (Å²) in [6.45, 7) is 0. The predicted octanol–water partition coefficient (Wildman–Crippen LogP) is 4.23. The molecule has 0 aliphatic rings. The predicted molar refractivity (Wildman–Crippen MR) is 93.0 cm³/mol. The number of halogens is 2. The van der Waals surface area contributed by atoms with E-state index in [2.05, 4.69) is 15.6 Å².